The van der Waals surface area contributed by atoms with Crippen molar-refractivity contribution in [2.45, 2.75) is 0 Å². The molecule has 0 aromatic heterocycles. The molecule has 0 saturated heterocycles. The van der Waals surface area contributed by atoms with Crippen LogP contribution in [0.15, 0.2) is 212 Å². The Bertz CT molecular complexity index is 2050. The van der Waals surface area contributed by atoms with E-state index in [1.165, 1.54) is 0 Å². The Hall–Kier alpha value is -5.66. The molecular formula is C46H35ClNOP. The molecule has 0 atom stereocenters. The third kappa shape index (κ3) is 6.65. The minimum atomic E-state index is -3.02. The van der Waals surface area contributed by atoms with E-state index in [0.717, 1.165) is 43.9 Å². The molecule has 0 saturated carbocycles. The summed E-state index contributed by atoms with van der Waals surface area (Å²) in [5.74, 6) is -0.107. The van der Waals surface area contributed by atoms with Crippen LogP contribution >= 0.6 is 19.0 Å². The third-order valence-corrected chi connectivity index (χ3v) is 13.1. The molecule has 0 heterocycles. The lowest BCUT2D eigenvalue weighted by Crippen LogP contribution is -2.45. The molecule has 0 N–H and O–H groups in total. The molecule has 7 rings (SSSR count). The topological polar surface area (TPSA) is 26.3 Å². The van der Waals surface area contributed by atoms with Gasteiger partial charge in [0.1, 0.15) is 15.9 Å². The maximum Gasteiger partial charge on any atom is 0.206 e. The van der Waals surface area contributed by atoms with Gasteiger partial charge in [0.2, 0.25) is 7.41 Å². The first-order chi connectivity index (χ1) is 24.7. The standard InChI is InChI=1S/C46H35ClNOP/c47-40-33-31-37(32-34-40)44(35-36-19-7-1-8-20-36)48(46(49)45(38-21-9-2-10-22-38)39-23-11-3-12-24-39)50(41-25-13-4-14-26-41,42-27-15-5-16-28-42)43-29-17-6-18-30-43/h1-35H/b44-35+. The van der Waals surface area contributed by atoms with Crippen molar-refractivity contribution in [3.05, 3.63) is 239 Å². The van der Waals surface area contributed by atoms with Gasteiger partial charge in [0, 0.05) is 22.0 Å². The van der Waals surface area contributed by atoms with E-state index in [4.69, 9.17) is 11.6 Å². The fraction of sp³-hybridized carbons (Fsp3) is 0. The first-order valence-corrected chi connectivity index (χ1v) is 18.7. The minimum Gasteiger partial charge on any atom is -0.857 e. The molecule has 4 heteroatoms. The van der Waals surface area contributed by atoms with Crippen molar-refractivity contribution in [1.82, 2.24) is 4.67 Å². The normalized spacial score (nSPS) is 11.5. The summed E-state index contributed by atoms with van der Waals surface area (Å²) in [6, 6.07) is 69.6. The van der Waals surface area contributed by atoms with Gasteiger partial charge < -0.3 is 5.11 Å². The third-order valence-electron chi connectivity index (χ3n) is 8.69. The van der Waals surface area contributed by atoms with Gasteiger partial charge in [0.05, 0.1) is 5.70 Å². The van der Waals surface area contributed by atoms with Gasteiger partial charge >= 0.3 is 0 Å². The van der Waals surface area contributed by atoms with E-state index in [-0.39, 0.29) is 5.88 Å². The smallest absolute Gasteiger partial charge is 0.206 e. The molecule has 0 aliphatic carbocycles. The predicted molar refractivity (Wildman–Crippen MR) is 212 cm³/mol. The molecule has 242 valence electrons. The molecule has 0 aliphatic rings. The number of nitrogens with zero attached hydrogens (tertiary/aromatic N) is 1. The Labute approximate surface area is 300 Å². The van der Waals surface area contributed by atoms with Gasteiger partial charge in [-0.1, -0.05) is 169 Å². The quantitative estimate of drug-likeness (QED) is 0.0815. The SMILES string of the molecule is [O-]C(=C(c1ccccc1)c1ccccc1)N(/C(=C/c1ccccc1)c1ccc(Cl)cc1)[P+](c1ccccc1)(c1ccccc1)c1ccccc1. The number of hydrogen-bond donors (Lipinski definition) is 0. The molecule has 7 aromatic carbocycles. The summed E-state index contributed by atoms with van der Waals surface area (Å²) in [5, 5.41) is 20.1. The van der Waals surface area contributed by atoms with Crippen LogP contribution in [0.2, 0.25) is 5.02 Å². The van der Waals surface area contributed by atoms with E-state index in [1.807, 2.05) is 121 Å². The summed E-state index contributed by atoms with van der Waals surface area (Å²) in [4.78, 5) is 0. The largest absolute Gasteiger partial charge is 0.857 e. The number of rotatable bonds is 10. The maximum absolute atomic E-state index is 16.3. The van der Waals surface area contributed by atoms with Crippen molar-refractivity contribution < 1.29 is 5.11 Å². The molecule has 0 radical (unpaired) electrons. The van der Waals surface area contributed by atoms with E-state index in [1.54, 1.807) is 0 Å². The Balaban J connectivity index is 1.72. The van der Waals surface area contributed by atoms with E-state index in [0.29, 0.717) is 10.6 Å². The van der Waals surface area contributed by atoms with Crippen LogP contribution in [0.5, 0.6) is 0 Å². The van der Waals surface area contributed by atoms with Crippen molar-refractivity contribution in [2.24, 2.45) is 0 Å². The Morgan fingerprint density at radius 3 is 1.20 bits per heavy atom. The first-order valence-electron chi connectivity index (χ1n) is 16.6. The average molecular weight is 684 g/mol. The summed E-state index contributed by atoms with van der Waals surface area (Å²) < 4.78 is 2.12. The van der Waals surface area contributed by atoms with E-state index >= 15 is 5.11 Å². The van der Waals surface area contributed by atoms with Gasteiger partial charge in [-0.3, -0.25) is 0 Å². The van der Waals surface area contributed by atoms with Crippen molar-refractivity contribution in [3.63, 3.8) is 0 Å². The lowest BCUT2D eigenvalue weighted by Gasteiger charge is -2.44. The van der Waals surface area contributed by atoms with Crippen LogP contribution in [0.25, 0.3) is 17.3 Å². The highest BCUT2D eigenvalue weighted by Crippen LogP contribution is 2.63. The van der Waals surface area contributed by atoms with Gasteiger partial charge in [-0.25, -0.2) is 4.67 Å². The van der Waals surface area contributed by atoms with Crippen LogP contribution in [0.3, 0.4) is 0 Å². The molecular weight excluding hydrogens is 649 g/mol. The van der Waals surface area contributed by atoms with Crippen LogP contribution in [-0.2, 0) is 0 Å². The zero-order valence-electron chi connectivity index (χ0n) is 27.4. The van der Waals surface area contributed by atoms with Crippen LogP contribution in [0.1, 0.15) is 22.3 Å². The van der Waals surface area contributed by atoms with E-state index < -0.39 is 7.41 Å². The highest BCUT2D eigenvalue weighted by molar-refractivity contribution is 7.94. The maximum atomic E-state index is 16.3. The molecule has 0 unspecified atom stereocenters. The highest BCUT2D eigenvalue weighted by atomic mass is 35.5. The van der Waals surface area contributed by atoms with Crippen LogP contribution in [-0.4, -0.2) is 4.67 Å². The lowest BCUT2D eigenvalue weighted by molar-refractivity contribution is -0.318. The zero-order chi connectivity index (χ0) is 34.2. The van der Waals surface area contributed by atoms with Gasteiger partial charge in [-0.05, 0) is 71.3 Å². The van der Waals surface area contributed by atoms with Crippen LogP contribution in [0.4, 0.5) is 0 Å². The van der Waals surface area contributed by atoms with Crippen molar-refractivity contribution in [2.75, 3.05) is 0 Å². The average Bonchev–Trinajstić information content (AvgIpc) is 3.19. The molecule has 0 aliphatic heterocycles. The summed E-state index contributed by atoms with van der Waals surface area (Å²) >= 11 is 6.51. The second-order valence-electron chi connectivity index (χ2n) is 11.8. The first kappa shape index (κ1) is 32.9. The van der Waals surface area contributed by atoms with Gasteiger partial charge in [-0.15, -0.1) is 0 Å². The van der Waals surface area contributed by atoms with E-state index in [9.17, 15) is 0 Å². The summed E-state index contributed by atoms with van der Waals surface area (Å²) in [5.41, 5.74) is 4.92. The number of halogens is 1. The van der Waals surface area contributed by atoms with Crippen molar-refractivity contribution in [1.29, 1.82) is 0 Å². The fourth-order valence-corrected chi connectivity index (χ4v) is 10.8. The minimum absolute atomic E-state index is 0.107. The number of hydrogen-bond acceptors (Lipinski definition) is 2. The fourth-order valence-electron chi connectivity index (χ4n) is 6.46. The second kappa shape index (κ2) is 15.3. The predicted octanol–water partition coefficient (Wildman–Crippen LogP) is 9.83. The summed E-state index contributed by atoms with van der Waals surface area (Å²) in [6.45, 7) is 0. The van der Waals surface area contributed by atoms with Gasteiger partial charge in [0.15, 0.2) is 0 Å². The Morgan fingerprint density at radius 1 is 0.440 bits per heavy atom. The van der Waals surface area contributed by atoms with Crippen LogP contribution < -0.4 is 21.0 Å². The molecule has 0 amide bonds. The monoisotopic (exact) mass is 683 g/mol. The Kier molecular flexibility index (Phi) is 10.0. The Morgan fingerprint density at radius 2 is 0.800 bits per heavy atom. The molecule has 0 fully saturated rings. The molecule has 0 bridgehead atoms. The number of benzene rings is 7. The molecule has 2 nitrogen and oxygen atoms in total. The van der Waals surface area contributed by atoms with Gasteiger partial charge in [0.25, 0.3) is 0 Å². The van der Waals surface area contributed by atoms with Gasteiger partial charge in [-0.2, -0.15) is 0 Å². The van der Waals surface area contributed by atoms with Crippen LogP contribution in [0, 0.1) is 0 Å². The molecule has 50 heavy (non-hydrogen) atoms. The second-order valence-corrected chi connectivity index (χ2v) is 15.5. The van der Waals surface area contributed by atoms with E-state index in [2.05, 4.69) is 95.7 Å². The van der Waals surface area contributed by atoms with Crippen molar-refractivity contribution in [3.8, 4) is 0 Å². The van der Waals surface area contributed by atoms with Crippen molar-refractivity contribution >= 4 is 52.3 Å². The summed E-state index contributed by atoms with van der Waals surface area (Å²) in [6.07, 6.45) is 2.14. The highest BCUT2D eigenvalue weighted by Gasteiger charge is 2.53. The molecule has 7 aromatic rings. The lowest BCUT2D eigenvalue weighted by atomic mass is 9.98. The molecule has 0 spiro atoms. The summed E-state index contributed by atoms with van der Waals surface area (Å²) in [7, 11) is -3.02. The zero-order valence-corrected chi connectivity index (χ0v) is 29.0.